The summed E-state index contributed by atoms with van der Waals surface area (Å²) in [5.41, 5.74) is 6.62. The number of benzene rings is 1. The Morgan fingerprint density at radius 3 is 3.00 bits per heavy atom. The molecule has 0 radical (unpaired) electrons. The first kappa shape index (κ1) is 14.5. The van der Waals surface area contributed by atoms with E-state index in [9.17, 15) is 0 Å². The number of aryl methyl sites for hydroxylation is 1. The maximum Gasteiger partial charge on any atom is 0.226 e. The normalized spacial score (nSPS) is 12.3. The highest BCUT2D eigenvalue weighted by molar-refractivity contribution is 5.56. The summed E-state index contributed by atoms with van der Waals surface area (Å²) in [5, 5.41) is 4.01. The molecule has 0 bridgehead atoms. The van der Waals surface area contributed by atoms with Crippen molar-refractivity contribution in [3.8, 4) is 17.1 Å². The average molecular weight is 275 g/mol. The fraction of sp³-hybridized carbons (Fsp3) is 0.467. The van der Waals surface area contributed by atoms with E-state index in [0.29, 0.717) is 18.3 Å². The van der Waals surface area contributed by atoms with E-state index >= 15 is 0 Å². The van der Waals surface area contributed by atoms with E-state index in [1.54, 1.807) is 0 Å². The van der Waals surface area contributed by atoms with Gasteiger partial charge in [0.15, 0.2) is 0 Å². The summed E-state index contributed by atoms with van der Waals surface area (Å²) in [5.74, 6) is 2.07. The molecule has 2 rings (SSSR count). The molecule has 1 aromatic heterocycles. The van der Waals surface area contributed by atoms with Gasteiger partial charge in [0.05, 0.1) is 6.61 Å². The fourth-order valence-electron chi connectivity index (χ4n) is 1.94. The zero-order valence-corrected chi connectivity index (χ0v) is 12.0. The fourth-order valence-corrected chi connectivity index (χ4v) is 1.94. The molecule has 0 spiro atoms. The molecule has 5 heteroatoms. The van der Waals surface area contributed by atoms with Crippen molar-refractivity contribution in [3.05, 3.63) is 30.2 Å². The maximum absolute atomic E-state index is 5.72. The first-order chi connectivity index (χ1) is 9.69. The quantitative estimate of drug-likeness (QED) is 0.841. The lowest BCUT2D eigenvalue weighted by atomic mass is 10.1. The molecule has 1 heterocycles. The Hall–Kier alpha value is -1.88. The Bertz CT molecular complexity index is 537. The van der Waals surface area contributed by atoms with Crippen LogP contribution in [0.4, 0.5) is 0 Å². The molecule has 0 saturated carbocycles. The first-order valence-corrected chi connectivity index (χ1v) is 7.00. The molecule has 0 fully saturated rings. The lowest BCUT2D eigenvalue weighted by molar-refractivity contribution is 0.340. The third-order valence-corrected chi connectivity index (χ3v) is 2.92. The smallest absolute Gasteiger partial charge is 0.226 e. The minimum Gasteiger partial charge on any atom is -0.494 e. The van der Waals surface area contributed by atoms with Crippen molar-refractivity contribution in [2.45, 2.75) is 39.2 Å². The van der Waals surface area contributed by atoms with Gasteiger partial charge in [0, 0.05) is 18.0 Å². The van der Waals surface area contributed by atoms with Crippen LogP contribution in [0.5, 0.6) is 5.75 Å². The molecule has 2 aromatic rings. The van der Waals surface area contributed by atoms with Crippen LogP contribution in [0, 0.1) is 0 Å². The third kappa shape index (κ3) is 4.06. The third-order valence-electron chi connectivity index (χ3n) is 2.92. The van der Waals surface area contributed by atoms with Crippen LogP contribution >= 0.6 is 0 Å². The van der Waals surface area contributed by atoms with E-state index in [-0.39, 0.29) is 6.04 Å². The molecule has 5 nitrogen and oxygen atoms in total. The highest BCUT2D eigenvalue weighted by Gasteiger charge is 2.09. The molecule has 1 aromatic carbocycles. The number of hydrogen-bond donors (Lipinski definition) is 1. The van der Waals surface area contributed by atoms with E-state index in [2.05, 4.69) is 10.1 Å². The highest BCUT2D eigenvalue weighted by Crippen LogP contribution is 2.21. The number of ether oxygens (including phenoxy) is 1. The minimum absolute atomic E-state index is 0.209. The first-order valence-electron chi connectivity index (χ1n) is 7.00. The van der Waals surface area contributed by atoms with Gasteiger partial charge in [-0.2, -0.15) is 4.98 Å². The molecule has 0 saturated heterocycles. The predicted molar refractivity (Wildman–Crippen MR) is 77.5 cm³/mol. The monoisotopic (exact) mass is 275 g/mol. The molecular weight excluding hydrogens is 254 g/mol. The minimum atomic E-state index is 0.209. The van der Waals surface area contributed by atoms with E-state index in [0.717, 1.165) is 30.6 Å². The van der Waals surface area contributed by atoms with Gasteiger partial charge in [-0.15, -0.1) is 0 Å². The van der Waals surface area contributed by atoms with Gasteiger partial charge >= 0.3 is 0 Å². The van der Waals surface area contributed by atoms with Crippen LogP contribution in [0.1, 0.15) is 32.6 Å². The number of nitrogens with zero attached hydrogens (tertiary/aromatic N) is 2. The van der Waals surface area contributed by atoms with Gasteiger partial charge < -0.3 is 15.0 Å². The molecule has 0 amide bonds. The van der Waals surface area contributed by atoms with Gasteiger partial charge in [0.2, 0.25) is 11.7 Å². The summed E-state index contributed by atoms with van der Waals surface area (Å²) in [6.45, 7) is 4.59. The Morgan fingerprint density at radius 1 is 1.40 bits per heavy atom. The summed E-state index contributed by atoms with van der Waals surface area (Å²) in [4.78, 5) is 4.40. The lowest BCUT2D eigenvalue weighted by Crippen LogP contribution is -2.14. The molecule has 1 unspecified atom stereocenters. The van der Waals surface area contributed by atoms with Crippen molar-refractivity contribution in [2.24, 2.45) is 5.73 Å². The van der Waals surface area contributed by atoms with Crippen molar-refractivity contribution in [2.75, 3.05) is 6.61 Å². The van der Waals surface area contributed by atoms with Crippen molar-refractivity contribution >= 4 is 0 Å². The Morgan fingerprint density at radius 2 is 2.25 bits per heavy atom. The molecule has 108 valence electrons. The molecule has 0 aliphatic rings. The molecular formula is C15H21N3O2. The van der Waals surface area contributed by atoms with Gasteiger partial charge in [-0.25, -0.2) is 0 Å². The second kappa shape index (κ2) is 7.05. The number of rotatable bonds is 7. The second-order valence-corrected chi connectivity index (χ2v) is 4.84. The predicted octanol–water partition coefficient (Wildman–Crippen LogP) is 2.81. The van der Waals surface area contributed by atoms with Gasteiger partial charge in [-0.3, -0.25) is 0 Å². The van der Waals surface area contributed by atoms with Crippen LogP contribution in [0.2, 0.25) is 0 Å². The van der Waals surface area contributed by atoms with Crippen LogP contribution in [0.25, 0.3) is 11.4 Å². The summed E-state index contributed by atoms with van der Waals surface area (Å²) in [6.07, 6.45) is 2.68. The summed E-state index contributed by atoms with van der Waals surface area (Å²) in [7, 11) is 0. The Balaban J connectivity index is 2.02. The number of hydrogen-bond acceptors (Lipinski definition) is 5. The van der Waals surface area contributed by atoms with Gasteiger partial charge in [0.1, 0.15) is 5.75 Å². The van der Waals surface area contributed by atoms with E-state index in [4.69, 9.17) is 15.0 Å². The molecule has 0 aliphatic heterocycles. The SMILES string of the molecule is CCOc1cccc(-c2noc(CCCC(C)N)n2)c1. The molecule has 2 N–H and O–H groups in total. The van der Waals surface area contributed by atoms with Gasteiger partial charge in [-0.05, 0) is 38.8 Å². The van der Waals surface area contributed by atoms with Crippen LogP contribution in [-0.4, -0.2) is 22.8 Å². The van der Waals surface area contributed by atoms with Crippen molar-refractivity contribution < 1.29 is 9.26 Å². The van der Waals surface area contributed by atoms with Crippen LogP contribution in [0.15, 0.2) is 28.8 Å². The van der Waals surface area contributed by atoms with Crippen molar-refractivity contribution in [1.82, 2.24) is 10.1 Å². The van der Waals surface area contributed by atoms with E-state index < -0.39 is 0 Å². The van der Waals surface area contributed by atoms with E-state index in [1.807, 2.05) is 38.1 Å². The highest BCUT2D eigenvalue weighted by atomic mass is 16.5. The van der Waals surface area contributed by atoms with Crippen molar-refractivity contribution in [3.63, 3.8) is 0 Å². The number of aromatic nitrogens is 2. The molecule has 0 aliphatic carbocycles. The summed E-state index contributed by atoms with van der Waals surface area (Å²) >= 11 is 0. The zero-order chi connectivity index (χ0) is 14.4. The van der Waals surface area contributed by atoms with E-state index in [1.165, 1.54) is 0 Å². The summed E-state index contributed by atoms with van der Waals surface area (Å²) < 4.78 is 10.7. The molecule has 20 heavy (non-hydrogen) atoms. The topological polar surface area (TPSA) is 74.2 Å². The average Bonchev–Trinajstić information content (AvgIpc) is 2.88. The van der Waals surface area contributed by atoms with Crippen LogP contribution < -0.4 is 10.5 Å². The number of nitrogens with two attached hydrogens (primary N) is 1. The van der Waals surface area contributed by atoms with Gasteiger partial charge in [-0.1, -0.05) is 17.3 Å². The van der Waals surface area contributed by atoms with Gasteiger partial charge in [0.25, 0.3) is 0 Å². The Kier molecular flexibility index (Phi) is 5.12. The zero-order valence-electron chi connectivity index (χ0n) is 12.0. The maximum atomic E-state index is 5.72. The van der Waals surface area contributed by atoms with Crippen molar-refractivity contribution in [1.29, 1.82) is 0 Å². The summed E-state index contributed by atoms with van der Waals surface area (Å²) in [6, 6.07) is 7.91. The largest absolute Gasteiger partial charge is 0.494 e. The van der Waals surface area contributed by atoms with Crippen LogP contribution in [0.3, 0.4) is 0 Å². The lowest BCUT2D eigenvalue weighted by Gasteiger charge is -2.03. The van der Waals surface area contributed by atoms with Crippen LogP contribution in [-0.2, 0) is 6.42 Å². The standard InChI is InChI=1S/C15H21N3O2/c1-3-19-13-8-5-7-12(10-13)15-17-14(20-18-15)9-4-6-11(2)16/h5,7-8,10-11H,3-4,6,9,16H2,1-2H3. The second-order valence-electron chi connectivity index (χ2n) is 4.84. The molecule has 1 atom stereocenters. The Labute approximate surface area is 119 Å².